The Morgan fingerprint density at radius 1 is 0.944 bits per heavy atom. The molecule has 0 spiro atoms. The number of benzene rings is 2. The molecule has 0 radical (unpaired) electrons. The van der Waals surface area contributed by atoms with Crippen LogP contribution in [0.25, 0.3) is 22.2 Å². The zero-order valence-corrected chi connectivity index (χ0v) is 9.68. The van der Waals surface area contributed by atoms with Gasteiger partial charge in [0, 0.05) is 10.9 Å². The molecule has 88 valence electrons. The fraction of sp³-hybridized carbons (Fsp3) is 0. The molecule has 3 aromatic rings. The average molecular weight is 236 g/mol. The van der Waals surface area contributed by atoms with E-state index in [9.17, 15) is 4.79 Å². The highest BCUT2D eigenvalue weighted by Gasteiger charge is 2.16. The zero-order chi connectivity index (χ0) is 12.5. The Bertz CT molecular complexity index is 714. The number of nitrogens with two attached hydrogens (primary N) is 1. The summed E-state index contributed by atoms with van der Waals surface area (Å²) in [4.78, 5) is 14.9. The van der Waals surface area contributed by atoms with Gasteiger partial charge in [-0.3, -0.25) is 4.79 Å². The van der Waals surface area contributed by atoms with Crippen LogP contribution >= 0.6 is 0 Å². The molecule has 0 aliphatic rings. The van der Waals surface area contributed by atoms with E-state index in [1.54, 1.807) is 0 Å². The molecule has 3 rings (SSSR count). The normalized spacial score (nSPS) is 10.7. The Hall–Kier alpha value is -2.55. The lowest BCUT2D eigenvalue weighted by Crippen LogP contribution is -2.11. The third-order valence-corrected chi connectivity index (χ3v) is 3.01. The number of carbonyl (C=O) groups excluding carboxylic acids is 1. The molecule has 3 nitrogen and oxygen atoms in total. The van der Waals surface area contributed by atoms with Crippen molar-refractivity contribution in [3.05, 3.63) is 60.2 Å². The maximum Gasteiger partial charge on any atom is 0.251 e. The van der Waals surface area contributed by atoms with Gasteiger partial charge in [-0.2, -0.15) is 0 Å². The van der Waals surface area contributed by atoms with Crippen LogP contribution in [0.3, 0.4) is 0 Å². The fourth-order valence-corrected chi connectivity index (χ4v) is 2.22. The number of carbonyl (C=O) groups is 1. The van der Waals surface area contributed by atoms with Crippen molar-refractivity contribution in [3.63, 3.8) is 0 Å². The lowest BCUT2D eigenvalue weighted by Gasteiger charge is -2.00. The second kappa shape index (κ2) is 4.04. The first kappa shape index (κ1) is 10.6. The van der Waals surface area contributed by atoms with Crippen LogP contribution in [0.1, 0.15) is 10.4 Å². The van der Waals surface area contributed by atoms with E-state index in [1.165, 1.54) is 0 Å². The summed E-state index contributed by atoms with van der Waals surface area (Å²) in [6, 6.07) is 17.4. The molecule has 1 aromatic heterocycles. The number of aromatic amines is 1. The number of hydrogen-bond acceptors (Lipinski definition) is 1. The van der Waals surface area contributed by atoms with Crippen molar-refractivity contribution in [1.29, 1.82) is 0 Å². The molecule has 2 aromatic carbocycles. The van der Waals surface area contributed by atoms with Gasteiger partial charge in [-0.05, 0) is 11.6 Å². The number of aromatic nitrogens is 1. The summed E-state index contributed by atoms with van der Waals surface area (Å²) < 4.78 is 0. The molecule has 18 heavy (non-hydrogen) atoms. The second-order valence-corrected chi connectivity index (χ2v) is 4.15. The van der Waals surface area contributed by atoms with Gasteiger partial charge in [0.05, 0.1) is 11.3 Å². The molecule has 0 unspecified atom stereocenters. The first-order chi connectivity index (χ1) is 8.77. The predicted molar refractivity (Wildman–Crippen MR) is 72.3 cm³/mol. The molecular formula is C15H12N2O. The molecule has 3 heteroatoms. The molecule has 0 atom stereocenters. The van der Waals surface area contributed by atoms with E-state index in [0.29, 0.717) is 5.56 Å². The van der Waals surface area contributed by atoms with Crippen molar-refractivity contribution in [1.82, 2.24) is 4.98 Å². The molecule has 0 aliphatic heterocycles. The number of amides is 1. The van der Waals surface area contributed by atoms with Crippen LogP contribution in [0.5, 0.6) is 0 Å². The quantitative estimate of drug-likeness (QED) is 0.706. The minimum atomic E-state index is -0.411. The third-order valence-electron chi connectivity index (χ3n) is 3.01. The highest BCUT2D eigenvalue weighted by atomic mass is 16.1. The Labute approximate surface area is 104 Å². The molecule has 3 N–H and O–H groups in total. The maximum absolute atomic E-state index is 11.7. The van der Waals surface area contributed by atoms with Crippen molar-refractivity contribution in [2.45, 2.75) is 0 Å². The number of primary amides is 1. The van der Waals surface area contributed by atoms with Gasteiger partial charge in [0.15, 0.2) is 0 Å². The first-order valence-electron chi connectivity index (χ1n) is 5.73. The van der Waals surface area contributed by atoms with E-state index in [1.807, 2.05) is 54.6 Å². The largest absolute Gasteiger partial charge is 0.366 e. The number of H-pyrrole nitrogens is 1. The van der Waals surface area contributed by atoms with E-state index >= 15 is 0 Å². The second-order valence-electron chi connectivity index (χ2n) is 4.15. The van der Waals surface area contributed by atoms with Gasteiger partial charge >= 0.3 is 0 Å². The fourth-order valence-electron chi connectivity index (χ4n) is 2.22. The van der Waals surface area contributed by atoms with E-state index in [-0.39, 0.29) is 0 Å². The van der Waals surface area contributed by atoms with Crippen LogP contribution in [0.4, 0.5) is 0 Å². The third kappa shape index (κ3) is 1.57. The number of hydrogen-bond donors (Lipinski definition) is 2. The molecule has 0 fully saturated rings. The topological polar surface area (TPSA) is 58.9 Å². The van der Waals surface area contributed by atoms with Crippen molar-refractivity contribution in [2.24, 2.45) is 5.73 Å². The highest BCUT2D eigenvalue weighted by molar-refractivity contribution is 6.11. The Morgan fingerprint density at radius 2 is 1.61 bits per heavy atom. The number of para-hydroxylation sites is 1. The maximum atomic E-state index is 11.7. The van der Waals surface area contributed by atoms with Gasteiger partial charge in [0.2, 0.25) is 0 Å². The van der Waals surface area contributed by atoms with E-state index in [4.69, 9.17) is 5.73 Å². The summed E-state index contributed by atoms with van der Waals surface area (Å²) in [6.07, 6.45) is 0. The molecular weight excluding hydrogens is 224 g/mol. The average Bonchev–Trinajstić information content (AvgIpc) is 2.79. The summed E-state index contributed by atoms with van der Waals surface area (Å²) in [7, 11) is 0. The van der Waals surface area contributed by atoms with Crippen LogP contribution in [0, 0.1) is 0 Å². The smallest absolute Gasteiger partial charge is 0.251 e. The molecule has 1 amide bonds. The van der Waals surface area contributed by atoms with Crippen LogP contribution in [-0.2, 0) is 0 Å². The molecule has 0 aliphatic carbocycles. The lowest BCUT2D eigenvalue weighted by atomic mass is 10.1. The summed E-state index contributed by atoms with van der Waals surface area (Å²) in [5.74, 6) is -0.411. The molecule has 1 heterocycles. The van der Waals surface area contributed by atoms with E-state index < -0.39 is 5.91 Å². The SMILES string of the molecule is NC(=O)c1c(-c2ccccc2)[nH]c2ccccc12. The molecule has 0 bridgehead atoms. The van der Waals surface area contributed by atoms with Gasteiger partial charge in [-0.25, -0.2) is 0 Å². The van der Waals surface area contributed by atoms with E-state index in [0.717, 1.165) is 22.2 Å². The Balaban J connectivity index is 2.36. The van der Waals surface area contributed by atoms with Crippen LogP contribution < -0.4 is 5.73 Å². The van der Waals surface area contributed by atoms with E-state index in [2.05, 4.69) is 4.98 Å². The van der Waals surface area contributed by atoms with Crippen molar-refractivity contribution in [2.75, 3.05) is 0 Å². The predicted octanol–water partition coefficient (Wildman–Crippen LogP) is 2.93. The number of fused-ring (bicyclic) bond motifs is 1. The van der Waals surface area contributed by atoms with Gasteiger partial charge < -0.3 is 10.7 Å². The standard InChI is InChI=1S/C15H12N2O/c16-15(18)13-11-8-4-5-9-12(11)17-14(13)10-6-2-1-3-7-10/h1-9,17H,(H2,16,18). The van der Waals surface area contributed by atoms with Gasteiger partial charge in [-0.15, -0.1) is 0 Å². The number of rotatable bonds is 2. The van der Waals surface area contributed by atoms with Crippen LogP contribution in [-0.4, -0.2) is 10.9 Å². The minimum Gasteiger partial charge on any atom is -0.366 e. The molecule has 0 saturated carbocycles. The van der Waals surface area contributed by atoms with Gasteiger partial charge in [0.1, 0.15) is 0 Å². The Kier molecular flexibility index (Phi) is 2.38. The van der Waals surface area contributed by atoms with Crippen LogP contribution in [0.15, 0.2) is 54.6 Å². The van der Waals surface area contributed by atoms with Gasteiger partial charge in [-0.1, -0.05) is 48.5 Å². The molecule has 0 saturated heterocycles. The van der Waals surface area contributed by atoms with Crippen molar-refractivity contribution < 1.29 is 4.79 Å². The van der Waals surface area contributed by atoms with Crippen LogP contribution in [0.2, 0.25) is 0 Å². The minimum absolute atomic E-state index is 0.411. The Morgan fingerprint density at radius 3 is 2.33 bits per heavy atom. The highest BCUT2D eigenvalue weighted by Crippen LogP contribution is 2.29. The summed E-state index contributed by atoms with van der Waals surface area (Å²) in [5, 5.41) is 0.865. The summed E-state index contributed by atoms with van der Waals surface area (Å²) >= 11 is 0. The number of nitrogens with one attached hydrogen (secondary N) is 1. The summed E-state index contributed by atoms with van der Waals surface area (Å²) in [6.45, 7) is 0. The lowest BCUT2D eigenvalue weighted by molar-refractivity contribution is 0.100. The monoisotopic (exact) mass is 236 g/mol. The zero-order valence-electron chi connectivity index (χ0n) is 9.68. The summed E-state index contributed by atoms with van der Waals surface area (Å²) in [5.41, 5.74) is 8.72. The van der Waals surface area contributed by atoms with Crippen molar-refractivity contribution >= 4 is 16.8 Å². The first-order valence-corrected chi connectivity index (χ1v) is 5.73. The van der Waals surface area contributed by atoms with Crippen molar-refractivity contribution in [3.8, 4) is 11.3 Å². The van der Waals surface area contributed by atoms with Gasteiger partial charge in [0.25, 0.3) is 5.91 Å².